The van der Waals surface area contributed by atoms with Crippen LogP contribution < -0.4 is 14.2 Å². The average molecular weight is 501 g/mol. The minimum absolute atomic E-state index is 0.296. The number of carbonyl (C=O) groups excluding carboxylic acids is 3. The van der Waals surface area contributed by atoms with E-state index in [9.17, 15) is 14.4 Å². The van der Waals surface area contributed by atoms with Crippen molar-refractivity contribution in [2.45, 2.75) is 47.1 Å². The first kappa shape index (κ1) is 24.6. The molecule has 0 aromatic heterocycles. The molecule has 0 aliphatic carbocycles. The molecule has 0 unspecified atom stereocenters. The third kappa shape index (κ3) is 4.04. The van der Waals surface area contributed by atoms with E-state index in [1.165, 1.54) is 0 Å². The highest BCUT2D eigenvalue weighted by Crippen LogP contribution is 2.57. The monoisotopic (exact) mass is 500 g/mol. The molecule has 2 aliphatic rings. The quantitative estimate of drug-likeness (QED) is 0.308. The first-order valence-electron chi connectivity index (χ1n) is 12.0. The molecule has 0 fully saturated rings. The second-order valence-corrected chi connectivity index (χ2v) is 11.3. The lowest BCUT2D eigenvalue weighted by atomic mass is 9.77. The van der Waals surface area contributed by atoms with Gasteiger partial charge in [0.25, 0.3) is 0 Å². The van der Waals surface area contributed by atoms with E-state index < -0.39 is 34.3 Å². The summed E-state index contributed by atoms with van der Waals surface area (Å²) in [7, 11) is 0. The summed E-state index contributed by atoms with van der Waals surface area (Å²) in [6.45, 7) is 10.6. The fourth-order valence-corrected chi connectivity index (χ4v) is 4.28. The number of esters is 3. The van der Waals surface area contributed by atoms with Crippen molar-refractivity contribution in [2.24, 2.45) is 10.8 Å². The van der Waals surface area contributed by atoms with E-state index in [1.807, 2.05) is 12.1 Å². The summed E-state index contributed by atoms with van der Waals surface area (Å²) < 4.78 is 23.6. The van der Waals surface area contributed by atoms with Crippen LogP contribution in [0.15, 0.2) is 60.7 Å². The molecule has 7 heteroatoms. The Kier molecular flexibility index (Phi) is 5.44. The number of benzene rings is 3. The van der Waals surface area contributed by atoms with Gasteiger partial charge in [-0.1, -0.05) is 18.2 Å². The zero-order valence-corrected chi connectivity index (χ0v) is 21.6. The lowest BCUT2D eigenvalue weighted by Gasteiger charge is -2.36. The number of hydrogen-bond acceptors (Lipinski definition) is 7. The topological polar surface area (TPSA) is 88.1 Å². The Balaban J connectivity index is 1.66. The zero-order chi connectivity index (χ0) is 26.8. The van der Waals surface area contributed by atoms with Gasteiger partial charge in [-0.15, -0.1) is 0 Å². The molecule has 5 rings (SSSR count). The molecular weight excluding hydrogens is 472 g/mol. The molecule has 0 saturated carbocycles. The highest BCUT2D eigenvalue weighted by molar-refractivity contribution is 5.97. The van der Waals surface area contributed by atoms with Crippen LogP contribution in [0.5, 0.6) is 23.0 Å². The van der Waals surface area contributed by atoms with Crippen LogP contribution in [0.25, 0.3) is 0 Å². The summed E-state index contributed by atoms with van der Waals surface area (Å²) in [6.07, 6.45) is 0. The van der Waals surface area contributed by atoms with E-state index in [0.717, 1.165) is 0 Å². The van der Waals surface area contributed by atoms with Gasteiger partial charge in [-0.25, -0.2) is 4.79 Å². The number of hydrogen-bond donors (Lipinski definition) is 0. The summed E-state index contributed by atoms with van der Waals surface area (Å²) >= 11 is 0. The van der Waals surface area contributed by atoms with Gasteiger partial charge in [0.05, 0.1) is 16.4 Å². The maximum Gasteiger partial charge on any atom is 0.340 e. The molecule has 0 amide bonds. The Morgan fingerprint density at radius 3 is 1.68 bits per heavy atom. The summed E-state index contributed by atoms with van der Waals surface area (Å²) in [5.41, 5.74) is -0.374. The molecular formula is C30H28O7. The number of ether oxygens (including phenoxy) is 4. The molecule has 0 atom stereocenters. The fourth-order valence-electron chi connectivity index (χ4n) is 4.28. The number of rotatable bonds is 2. The van der Waals surface area contributed by atoms with Crippen LogP contribution in [0.4, 0.5) is 0 Å². The Morgan fingerprint density at radius 1 is 0.703 bits per heavy atom. The van der Waals surface area contributed by atoms with Gasteiger partial charge in [0.2, 0.25) is 0 Å². The van der Waals surface area contributed by atoms with E-state index in [2.05, 4.69) is 0 Å². The van der Waals surface area contributed by atoms with Crippen LogP contribution in [-0.2, 0) is 19.9 Å². The smallest absolute Gasteiger partial charge is 0.340 e. The number of carbonyl (C=O) groups is 3. The summed E-state index contributed by atoms with van der Waals surface area (Å²) in [6, 6.07) is 17.2. The molecule has 190 valence electrons. The maximum atomic E-state index is 13.0. The molecule has 0 radical (unpaired) electrons. The Labute approximate surface area is 215 Å². The molecule has 0 bridgehead atoms. The van der Waals surface area contributed by atoms with Gasteiger partial charge in [-0.3, -0.25) is 9.59 Å². The Hall–Kier alpha value is -4.13. The van der Waals surface area contributed by atoms with E-state index in [0.29, 0.717) is 45.3 Å². The van der Waals surface area contributed by atoms with Gasteiger partial charge in [-0.2, -0.15) is 0 Å². The molecule has 2 heterocycles. The largest absolute Gasteiger partial charge is 0.456 e. The van der Waals surface area contributed by atoms with Crippen LogP contribution in [0.3, 0.4) is 0 Å². The predicted molar refractivity (Wildman–Crippen MR) is 135 cm³/mol. The van der Waals surface area contributed by atoms with Crippen molar-refractivity contribution in [1.82, 2.24) is 0 Å². The molecule has 0 saturated heterocycles. The van der Waals surface area contributed by atoms with Gasteiger partial charge < -0.3 is 18.9 Å². The summed E-state index contributed by atoms with van der Waals surface area (Å²) in [4.78, 5) is 38.0. The van der Waals surface area contributed by atoms with Crippen molar-refractivity contribution in [3.63, 3.8) is 0 Å². The second kappa shape index (κ2) is 8.20. The van der Waals surface area contributed by atoms with E-state index in [-0.39, 0.29) is 0 Å². The van der Waals surface area contributed by atoms with Crippen molar-refractivity contribution >= 4 is 17.9 Å². The standard InChI is InChI=1S/C30H28O7/c1-28(2,3)26(32)34-17-11-13-21-23(15-17)36-24-16-18(35-27(33)29(4,5)6)12-14-22(24)30(21)20-10-8-7-9-19(20)25(31)37-30/h7-16H,1-6H3. The van der Waals surface area contributed by atoms with Crippen molar-refractivity contribution in [1.29, 1.82) is 0 Å². The van der Waals surface area contributed by atoms with Crippen LogP contribution in [0.2, 0.25) is 0 Å². The minimum atomic E-state index is -1.28. The van der Waals surface area contributed by atoms with E-state index in [4.69, 9.17) is 18.9 Å². The van der Waals surface area contributed by atoms with Crippen LogP contribution in [-0.4, -0.2) is 17.9 Å². The average Bonchev–Trinajstić information content (AvgIpc) is 3.11. The fraction of sp³-hybridized carbons (Fsp3) is 0.300. The molecule has 7 nitrogen and oxygen atoms in total. The first-order chi connectivity index (χ1) is 17.3. The highest BCUT2D eigenvalue weighted by Gasteiger charge is 2.53. The molecule has 1 spiro atoms. The van der Waals surface area contributed by atoms with Gasteiger partial charge in [0.1, 0.15) is 23.0 Å². The number of fused-ring (bicyclic) bond motifs is 6. The van der Waals surface area contributed by atoms with Crippen molar-refractivity contribution in [2.75, 3.05) is 0 Å². The van der Waals surface area contributed by atoms with Gasteiger partial charge in [0.15, 0.2) is 5.60 Å². The summed E-state index contributed by atoms with van der Waals surface area (Å²) in [5, 5.41) is 0. The van der Waals surface area contributed by atoms with E-state index in [1.54, 1.807) is 90.1 Å². The zero-order valence-electron chi connectivity index (χ0n) is 21.6. The first-order valence-corrected chi connectivity index (χ1v) is 12.0. The molecule has 37 heavy (non-hydrogen) atoms. The predicted octanol–water partition coefficient (Wildman–Crippen LogP) is 6.16. The third-order valence-corrected chi connectivity index (χ3v) is 6.30. The Bertz CT molecular complexity index is 1380. The lowest BCUT2D eigenvalue weighted by molar-refractivity contribution is -0.143. The molecule has 3 aromatic rings. The van der Waals surface area contributed by atoms with Gasteiger partial charge in [0, 0.05) is 28.8 Å². The SMILES string of the molecule is CC(C)(C)C(=O)Oc1ccc2c(c1)Oc1cc(OC(=O)C(C)(C)C)ccc1C21OC(=O)c2ccccc21. The minimum Gasteiger partial charge on any atom is -0.456 e. The summed E-state index contributed by atoms with van der Waals surface area (Å²) in [5.74, 6) is 0.0575. The highest BCUT2D eigenvalue weighted by atomic mass is 16.6. The van der Waals surface area contributed by atoms with E-state index >= 15 is 0 Å². The van der Waals surface area contributed by atoms with Crippen LogP contribution in [0.1, 0.15) is 68.6 Å². The lowest BCUT2D eigenvalue weighted by Crippen LogP contribution is -2.33. The van der Waals surface area contributed by atoms with Crippen LogP contribution in [0, 0.1) is 10.8 Å². The van der Waals surface area contributed by atoms with Crippen molar-refractivity contribution in [3.05, 3.63) is 82.9 Å². The normalized spacial score (nSPS) is 15.1. The molecule has 2 aliphatic heterocycles. The maximum absolute atomic E-state index is 13.0. The van der Waals surface area contributed by atoms with Crippen LogP contribution >= 0.6 is 0 Å². The second-order valence-electron chi connectivity index (χ2n) is 11.3. The molecule has 0 N–H and O–H groups in total. The van der Waals surface area contributed by atoms with Crippen molar-refractivity contribution < 1.29 is 33.3 Å². The van der Waals surface area contributed by atoms with Gasteiger partial charge in [-0.05, 0) is 71.9 Å². The Morgan fingerprint density at radius 2 is 1.19 bits per heavy atom. The third-order valence-electron chi connectivity index (χ3n) is 6.30. The molecule has 3 aromatic carbocycles. The van der Waals surface area contributed by atoms with Gasteiger partial charge >= 0.3 is 17.9 Å². The van der Waals surface area contributed by atoms with Crippen molar-refractivity contribution in [3.8, 4) is 23.0 Å².